The van der Waals surface area contributed by atoms with Gasteiger partial charge in [-0.1, -0.05) is 24.3 Å². The van der Waals surface area contributed by atoms with Gasteiger partial charge >= 0.3 is 6.18 Å². The first-order valence-electron chi connectivity index (χ1n) is 9.15. The maximum atomic E-state index is 14.1. The van der Waals surface area contributed by atoms with Crippen molar-refractivity contribution < 1.29 is 26.1 Å². The van der Waals surface area contributed by atoms with Gasteiger partial charge in [-0.05, 0) is 17.2 Å². The Kier molecular flexibility index (Phi) is 4.46. The van der Waals surface area contributed by atoms with Crippen LogP contribution in [0.25, 0.3) is 11.4 Å². The fourth-order valence-corrected chi connectivity index (χ4v) is 2.55. The molecule has 2 aromatic heterocycles. The zero-order valence-electron chi connectivity index (χ0n) is 16.9. The molecule has 0 aliphatic carbocycles. The van der Waals surface area contributed by atoms with Crippen LogP contribution in [0.15, 0.2) is 36.7 Å². The van der Waals surface area contributed by atoms with E-state index in [2.05, 4.69) is 15.0 Å². The van der Waals surface area contributed by atoms with Gasteiger partial charge in [0, 0.05) is 29.4 Å². The van der Waals surface area contributed by atoms with Gasteiger partial charge in [0.2, 0.25) is 5.28 Å². The molecular formula is C17H13ClF5N5. The van der Waals surface area contributed by atoms with E-state index in [9.17, 15) is 22.0 Å². The highest BCUT2D eigenvalue weighted by molar-refractivity contribution is 6.28. The minimum absolute atomic E-state index is 0.175. The summed E-state index contributed by atoms with van der Waals surface area (Å²) >= 11 is 5.65. The molecule has 0 aliphatic heterocycles. The van der Waals surface area contributed by atoms with E-state index in [-0.39, 0.29) is 23.2 Å². The molecule has 0 amide bonds. The van der Waals surface area contributed by atoms with Crippen LogP contribution >= 0.6 is 11.6 Å². The van der Waals surface area contributed by atoms with E-state index in [1.54, 1.807) is 0 Å². The molecule has 0 saturated heterocycles. The lowest BCUT2D eigenvalue weighted by atomic mass is 10.1. The molecule has 0 fully saturated rings. The first kappa shape index (κ1) is 16.2. The highest BCUT2D eigenvalue weighted by Gasteiger charge is 2.35. The van der Waals surface area contributed by atoms with Crippen LogP contribution < -0.4 is 4.90 Å². The summed E-state index contributed by atoms with van der Waals surface area (Å²) in [6, 6.07) is 5.51. The molecule has 2 heterocycles. The van der Waals surface area contributed by atoms with Crippen molar-refractivity contribution in [1.82, 2.24) is 19.5 Å². The summed E-state index contributed by atoms with van der Waals surface area (Å²) in [7, 11) is 0. The number of hydrogen-bond donors (Lipinski definition) is 0. The normalized spacial score (nSPS) is 13.7. The molecule has 0 unspecified atom stereocenters. The summed E-state index contributed by atoms with van der Waals surface area (Å²) in [5.74, 6) is -1.78. The Hall–Kier alpha value is -2.75. The quantitative estimate of drug-likeness (QED) is 0.443. The van der Waals surface area contributed by atoms with Crippen LogP contribution in [0, 0.1) is 5.82 Å². The lowest BCUT2D eigenvalue weighted by molar-refractivity contribution is -0.140. The van der Waals surface area contributed by atoms with Gasteiger partial charge in [0.15, 0.2) is 24.1 Å². The average molecular weight is 421 g/mol. The van der Waals surface area contributed by atoms with Crippen molar-refractivity contribution >= 4 is 17.4 Å². The molecule has 3 aromatic rings. The third-order valence-electron chi connectivity index (χ3n) is 3.70. The summed E-state index contributed by atoms with van der Waals surface area (Å²) < 4.78 is 89.5. The fourth-order valence-electron chi connectivity index (χ4n) is 2.42. The second kappa shape index (κ2) is 7.70. The fraction of sp³-hybridized carbons (Fsp3) is 0.235. The van der Waals surface area contributed by atoms with Crippen LogP contribution in [0.5, 0.6) is 0 Å². The Bertz CT molecular complexity index is 1070. The van der Waals surface area contributed by atoms with E-state index in [4.69, 9.17) is 15.7 Å². The summed E-state index contributed by atoms with van der Waals surface area (Å²) in [5, 5.41) is -0.348. The molecule has 0 radical (unpaired) electrons. The zero-order valence-corrected chi connectivity index (χ0v) is 14.6. The summed E-state index contributed by atoms with van der Waals surface area (Å²) in [6.45, 7) is -4.34. The highest BCUT2D eigenvalue weighted by Crippen LogP contribution is 2.31. The van der Waals surface area contributed by atoms with Crippen LogP contribution in [-0.4, -0.2) is 26.5 Å². The number of benzene rings is 1. The van der Waals surface area contributed by atoms with Crippen LogP contribution in [0.4, 0.5) is 27.8 Å². The molecule has 0 saturated carbocycles. The Labute approximate surface area is 165 Å². The molecule has 0 spiro atoms. The van der Waals surface area contributed by atoms with Crippen LogP contribution in [-0.2, 0) is 19.5 Å². The van der Waals surface area contributed by atoms with E-state index in [1.165, 1.54) is 24.3 Å². The maximum absolute atomic E-state index is 14.1. The molecule has 0 bridgehead atoms. The van der Waals surface area contributed by atoms with E-state index >= 15 is 0 Å². The van der Waals surface area contributed by atoms with E-state index in [0.29, 0.717) is 21.2 Å². The number of aromatic nitrogens is 4. The minimum atomic E-state index is -4.74. The third kappa shape index (κ3) is 4.22. The van der Waals surface area contributed by atoms with Crippen molar-refractivity contribution in [2.45, 2.75) is 19.5 Å². The number of nitrogens with zero attached hydrogens (tertiary/aromatic N) is 5. The molecule has 3 rings (SSSR count). The first-order valence-corrected chi connectivity index (χ1v) is 8.03. The van der Waals surface area contributed by atoms with Gasteiger partial charge < -0.3 is 9.47 Å². The number of anilines is 1. The summed E-state index contributed by atoms with van der Waals surface area (Å²) in [4.78, 5) is 11.2. The predicted molar refractivity (Wildman–Crippen MR) is 92.9 cm³/mol. The van der Waals surface area contributed by atoms with Gasteiger partial charge in [-0.2, -0.15) is 18.2 Å². The molecule has 11 heteroatoms. The summed E-state index contributed by atoms with van der Waals surface area (Å²) in [5.41, 5.74) is -0.703. The van der Waals surface area contributed by atoms with Gasteiger partial charge in [-0.25, -0.2) is 18.7 Å². The van der Waals surface area contributed by atoms with Gasteiger partial charge in [0.05, 0.1) is 6.20 Å². The van der Waals surface area contributed by atoms with Crippen molar-refractivity contribution in [2.24, 2.45) is 0 Å². The van der Waals surface area contributed by atoms with Gasteiger partial charge in [0.25, 0.3) is 0 Å². The molecular weight excluding hydrogens is 405 g/mol. The third-order valence-corrected chi connectivity index (χ3v) is 3.88. The highest BCUT2D eigenvalue weighted by atomic mass is 35.5. The number of rotatable bonds is 5. The standard InChI is InChI=1S/C17H13ClF5N5/c1-27(15-12(20)6-24-16(18)26-15)7-10-2-4-11(5-3-10)14-25-13(17(21,22)23)8-28(14)9-19/h2-6,8H,7,9H2,1H3/i1D3. The SMILES string of the molecule is [2H]C([2H])([2H])N(Cc1ccc(-c2nc(C(F)(F)F)cn2CF)cc1)c1nc(Cl)ncc1F. The van der Waals surface area contributed by atoms with Crippen molar-refractivity contribution in [1.29, 1.82) is 0 Å². The van der Waals surface area contributed by atoms with Gasteiger partial charge in [-0.3, -0.25) is 0 Å². The Morgan fingerprint density at radius 2 is 1.93 bits per heavy atom. The number of halogens is 6. The number of imidazole rings is 1. The van der Waals surface area contributed by atoms with Crippen molar-refractivity contribution in [2.75, 3.05) is 11.9 Å². The maximum Gasteiger partial charge on any atom is 0.434 e. The van der Waals surface area contributed by atoms with E-state index < -0.39 is 37.3 Å². The number of alkyl halides is 4. The largest absolute Gasteiger partial charge is 0.434 e. The molecule has 28 heavy (non-hydrogen) atoms. The molecule has 148 valence electrons. The molecule has 0 aliphatic rings. The van der Waals surface area contributed by atoms with Gasteiger partial charge in [-0.15, -0.1) is 0 Å². The monoisotopic (exact) mass is 420 g/mol. The van der Waals surface area contributed by atoms with Crippen LogP contribution in [0.2, 0.25) is 5.28 Å². The Balaban J connectivity index is 1.92. The Morgan fingerprint density at radius 3 is 2.54 bits per heavy atom. The lowest BCUT2D eigenvalue weighted by Gasteiger charge is -2.18. The van der Waals surface area contributed by atoms with Crippen molar-refractivity contribution in [3.63, 3.8) is 0 Å². The second-order valence-corrected chi connectivity index (χ2v) is 5.97. The Morgan fingerprint density at radius 1 is 1.21 bits per heavy atom. The first-order chi connectivity index (χ1) is 14.4. The summed E-state index contributed by atoms with van der Waals surface area (Å²) in [6.07, 6.45) is -3.44. The van der Waals surface area contributed by atoms with E-state index in [1.807, 2.05) is 0 Å². The van der Waals surface area contributed by atoms with Crippen molar-refractivity contribution in [3.8, 4) is 11.4 Å². The lowest BCUT2D eigenvalue weighted by Crippen LogP contribution is -2.19. The van der Waals surface area contributed by atoms with Crippen LogP contribution in [0.1, 0.15) is 15.4 Å². The molecule has 1 aromatic carbocycles. The number of hydrogen-bond acceptors (Lipinski definition) is 4. The zero-order chi connectivity index (χ0) is 23.0. The predicted octanol–water partition coefficient (Wildman–Crippen LogP) is 4.71. The van der Waals surface area contributed by atoms with Crippen LogP contribution in [0.3, 0.4) is 0 Å². The van der Waals surface area contributed by atoms with Gasteiger partial charge in [0.1, 0.15) is 5.82 Å². The molecule has 0 atom stereocenters. The van der Waals surface area contributed by atoms with Crippen molar-refractivity contribution in [3.05, 3.63) is 59.0 Å². The van der Waals surface area contributed by atoms with E-state index in [0.717, 1.165) is 6.20 Å². The topological polar surface area (TPSA) is 46.8 Å². The molecule has 0 N–H and O–H groups in total. The average Bonchev–Trinajstić information content (AvgIpc) is 3.13. The smallest absolute Gasteiger partial charge is 0.353 e. The second-order valence-electron chi connectivity index (χ2n) is 5.63. The minimum Gasteiger partial charge on any atom is -0.353 e. The molecule has 5 nitrogen and oxygen atoms in total.